The fraction of sp³-hybridized carbons (Fsp3) is 0.263. The highest BCUT2D eigenvalue weighted by molar-refractivity contribution is 5.59. The van der Waals surface area contributed by atoms with Crippen LogP contribution in [0.15, 0.2) is 54.1 Å². The van der Waals surface area contributed by atoms with E-state index in [-0.39, 0.29) is 5.56 Å². The third kappa shape index (κ3) is 3.76. The number of alkyl halides is 3. The number of anilines is 1. The van der Waals surface area contributed by atoms with Gasteiger partial charge in [0.15, 0.2) is 0 Å². The van der Waals surface area contributed by atoms with Gasteiger partial charge in [-0.2, -0.15) is 13.2 Å². The van der Waals surface area contributed by atoms with Gasteiger partial charge in [-0.15, -0.1) is 0 Å². The van der Waals surface area contributed by atoms with Crippen molar-refractivity contribution < 1.29 is 13.2 Å². The molecule has 0 atom stereocenters. The molecule has 2 aromatic rings. The molecule has 0 aromatic heterocycles. The fourth-order valence-electron chi connectivity index (χ4n) is 2.89. The van der Waals surface area contributed by atoms with Gasteiger partial charge in [0.2, 0.25) is 0 Å². The van der Waals surface area contributed by atoms with Crippen LogP contribution < -0.4 is 4.90 Å². The molecule has 2 aromatic carbocycles. The molecule has 0 bridgehead atoms. The van der Waals surface area contributed by atoms with Crippen LogP contribution in [0.1, 0.15) is 24.0 Å². The van der Waals surface area contributed by atoms with Gasteiger partial charge in [0, 0.05) is 18.8 Å². The third-order valence-electron chi connectivity index (χ3n) is 4.10. The lowest BCUT2D eigenvalue weighted by Gasteiger charge is -2.30. The first-order chi connectivity index (χ1) is 11.0. The van der Waals surface area contributed by atoms with E-state index in [1.807, 2.05) is 24.3 Å². The van der Waals surface area contributed by atoms with Crippen LogP contribution in [0.2, 0.25) is 0 Å². The molecule has 0 spiro atoms. The van der Waals surface area contributed by atoms with Crippen molar-refractivity contribution in [2.45, 2.75) is 19.0 Å². The Morgan fingerprint density at radius 2 is 1.61 bits per heavy atom. The van der Waals surface area contributed by atoms with Crippen molar-refractivity contribution in [2.24, 2.45) is 0 Å². The van der Waals surface area contributed by atoms with Gasteiger partial charge in [0.05, 0.1) is 5.56 Å². The van der Waals surface area contributed by atoms with Crippen LogP contribution in [0.3, 0.4) is 0 Å². The van der Waals surface area contributed by atoms with Crippen LogP contribution in [0.25, 0.3) is 6.08 Å². The van der Waals surface area contributed by atoms with E-state index in [0.717, 1.165) is 43.3 Å². The minimum Gasteiger partial charge on any atom is -0.371 e. The Kier molecular flexibility index (Phi) is 4.42. The van der Waals surface area contributed by atoms with Gasteiger partial charge in [-0.1, -0.05) is 42.0 Å². The van der Waals surface area contributed by atoms with Gasteiger partial charge in [-0.25, -0.2) is 0 Å². The molecule has 1 radical (unpaired) electrons. The van der Waals surface area contributed by atoms with Crippen LogP contribution in [0.5, 0.6) is 0 Å². The maximum Gasteiger partial charge on any atom is 0.416 e. The standard InChI is InChI=1S/C19H17F3N/c20-19(21,22)18-9-5-4-6-16(18)14-15-10-12-23(13-11-15)17-7-2-1-3-8-17/h2-9,14H,10-13H2. The fourth-order valence-corrected chi connectivity index (χ4v) is 2.89. The van der Waals surface area contributed by atoms with Crippen molar-refractivity contribution >= 4 is 11.8 Å². The molecule has 3 rings (SSSR count). The number of hydrogen-bond acceptors (Lipinski definition) is 1. The topological polar surface area (TPSA) is 3.24 Å². The van der Waals surface area contributed by atoms with Crippen molar-refractivity contribution in [1.29, 1.82) is 0 Å². The molecule has 1 aliphatic heterocycles. The van der Waals surface area contributed by atoms with E-state index in [2.05, 4.69) is 11.0 Å². The van der Waals surface area contributed by atoms with E-state index >= 15 is 0 Å². The smallest absolute Gasteiger partial charge is 0.371 e. The minimum absolute atomic E-state index is 0.262. The molecule has 119 valence electrons. The van der Waals surface area contributed by atoms with Crippen LogP contribution >= 0.6 is 0 Å². The molecule has 0 unspecified atom stereocenters. The SMILES string of the molecule is FC(F)(F)c1ccccc1C=C1CCN(c2cc[c]cc2)CC1. The first-order valence-electron chi connectivity index (χ1n) is 7.61. The first-order valence-corrected chi connectivity index (χ1v) is 7.61. The maximum absolute atomic E-state index is 13.0. The van der Waals surface area contributed by atoms with Crippen LogP contribution in [0, 0.1) is 6.07 Å². The average Bonchev–Trinajstić information content (AvgIpc) is 2.56. The Labute approximate surface area is 134 Å². The van der Waals surface area contributed by atoms with Gasteiger partial charge < -0.3 is 4.90 Å². The molecule has 1 aliphatic rings. The summed E-state index contributed by atoms with van der Waals surface area (Å²) in [5.41, 5.74) is 1.91. The highest BCUT2D eigenvalue weighted by Crippen LogP contribution is 2.34. The lowest BCUT2D eigenvalue weighted by molar-refractivity contribution is -0.137. The summed E-state index contributed by atoms with van der Waals surface area (Å²) in [5, 5.41) is 0. The molecule has 0 aliphatic carbocycles. The van der Waals surface area contributed by atoms with E-state index in [4.69, 9.17) is 0 Å². The molecular formula is C19H17F3N. The van der Waals surface area contributed by atoms with Crippen molar-refractivity contribution in [3.63, 3.8) is 0 Å². The lowest BCUT2D eigenvalue weighted by atomic mass is 9.98. The minimum atomic E-state index is -4.31. The molecule has 0 N–H and O–H groups in total. The summed E-state index contributed by atoms with van der Waals surface area (Å²) in [6.07, 6.45) is -1.04. The number of hydrogen-bond donors (Lipinski definition) is 0. The average molecular weight is 316 g/mol. The summed E-state index contributed by atoms with van der Waals surface area (Å²) >= 11 is 0. The predicted octanol–water partition coefficient (Wildman–Crippen LogP) is 5.19. The number of nitrogens with zero attached hydrogens (tertiary/aromatic N) is 1. The maximum atomic E-state index is 13.0. The third-order valence-corrected chi connectivity index (χ3v) is 4.10. The second kappa shape index (κ2) is 6.49. The Morgan fingerprint density at radius 3 is 2.26 bits per heavy atom. The van der Waals surface area contributed by atoms with E-state index in [1.54, 1.807) is 12.1 Å². The summed E-state index contributed by atoms with van der Waals surface area (Å²) in [4.78, 5) is 2.25. The normalized spacial score (nSPS) is 15.6. The van der Waals surface area contributed by atoms with Gasteiger partial charge in [0.1, 0.15) is 0 Å². The Hall–Kier alpha value is -2.23. The molecule has 4 heteroatoms. The van der Waals surface area contributed by atoms with Gasteiger partial charge >= 0.3 is 6.18 Å². The molecular weight excluding hydrogens is 299 g/mol. The molecule has 1 fully saturated rings. The zero-order chi connectivity index (χ0) is 16.3. The highest BCUT2D eigenvalue weighted by atomic mass is 19.4. The summed E-state index contributed by atoms with van der Waals surface area (Å²) in [6.45, 7) is 1.65. The van der Waals surface area contributed by atoms with E-state index in [9.17, 15) is 13.2 Å². The van der Waals surface area contributed by atoms with E-state index in [0.29, 0.717) is 0 Å². The molecule has 23 heavy (non-hydrogen) atoms. The van der Waals surface area contributed by atoms with Crippen molar-refractivity contribution in [3.8, 4) is 0 Å². The molecule has 0 saturated carbocycles. The van der Waals surface area contributed by atoms with E-state index < -0.39 is 11.7 Å². The quantitative estimate of drug-likeness (QED) is 0.737. The number of halogens is 3. The molecule has 1 saturated heterocycles. The number of rotatable bonds is 2. The van der Waals surface area contributed by atoms with Crippen LogP contribution in [-0.4, -0.2) is 13.1 Å². The van der Waals surface area contributed by atoms with Gasteiger partial charge in [-0.3, -0.25) is 0 Å². The Balaban J connectivity index is 1.74. The Bertz CT molecular complexity index is 679. The van der Waals surface area contributed by atoms with Crippen molar-refractivity contribution in [1.82, 2.24) is 0 Å². The lowest BCUT2D eigenvalue weighted by Crippen LogP contribution is -2.30. The zero-order valence-corrected chi connectivity index (χ0v) is 12.6. The number of benzene rings is 2. The monoisotopic (exact) mass is 316 g/mol. The molecule has 1 nitrogen and oxygen atoms in total. The second-order valence-corrected chi connectivity index (χ2v) is 5.63. The molecule has 1 heterocycles. The summed E-state index contributed by atoms with van der Waals surface area (Å²) < 4.78 is 39.1. The largest absolute Gasteiger partial charge is 0.416 e. The Morgan fingerprint density at radius 1 is 0.957 bits per heavy atom. The van der Waals surface area contributed by atoms with Crippen LogP contribution in [0.4, 0.5) is 18.9 Å². The van der Waals surface area contributed by atoms with Crippen molar-refractivity contribution in [3.05, 3.63) is 71.3 Å². The number of piperidine rings is 1. The van der Waals surface area contributed by atoms with E-state index in [1.165, 1.54) is 12.1 Å². The summed E-state index contributed by atoms with van der Waals surface area (Å²) in [7, 11) is 0. The van der Waals surface area contributed by atoms with Gasteiger partial charge in [0.25, 0.3) is 0 Å². The summed E-state index contributed by atoms with van der Waals surface area (Å²) in [5.74, 6) is 0. The second-order valence-electron chi connectivity index (χ2n) is 5.63. The zero-order valence-electron chi connectivity index (χ0n) is 12.6. The van der Waals surface area contributed by atoms with Gasteiger partial charge in [-0.05, 0) is 42.7 Å². The van der Waals surface area contributed by atoms with Crippen molar-refractivity contribution in [2.75, 3.05) is 18.0 Å². The highest BCUT2D eigenvalue weighted by Gasteiger charge is 2.32. The van der Waals surface area contributed by atoms with Crippen LogP contribution in [-0.2, 0) is 6.18 Å². The predicted molar refractivity (Wildman–Crippen MR) is 86.1 cm³/mol. The first kappa shape index (κ1) is 15.7. The molecule has 0 amide bonds. The summed E-state index contributed by atoms with van der Waals surface area (Å²) in [6, 6.07) is 16.5.